The summed E-state index contributed by atoms with van der Waals surface area (Å²) in [5.41, 5.74) is 1.69. The van der Waals surface area contributed by atoms with Crippen LogP contribution < -0.4 is 4.74 Å². The van der Waals surface area contributed by atoms with Crippen LogP contribution in [0.1, 0.15) is 43.7 Å². The monoisotopic (exact) mass is 248 g/mol. The molecule has 0 spiro atoms. The third-order valence-corrected chi connectivity index (χ3v) is 3.62. The van der Waals surface area contributed by atoms with E-state index >= 15 is 0 Å². The van der Waals surface area contributed by atoms with Gasteiger partial charge in [0.05, 0.1) is 5.92 Å². The maximum absolute atomic E-state index is 11.9. The highest BCUT2D eigenvalue weighted by atomic mass is 16.5. The van der Waals surface area contributed by atoms with Crippen LogP contribution in [0.5, 0.6) is 11.5 Å². The number of fused-ring (bicyclic) bond motifs is 1. The van der Waals surface area contributed by atoms with Crippen molar-refractivity contribution in [1.29, 1.82) is 0 Å². The van der Waals surface area contributed by atoms with Gasteiger partial charge in [0.1, 0.15) is 11.5 Å². The smallest absolute Gasteiger partial charge is 0.314 e. The lowest BCUT2D eigenvalue weighted by molar-refractivity contribution is -0.140. The normalized spacial score (nSPS) is 18.3. The van der Waals surface area contributed by atoms with Crippen LogP contribution in [0.2, 0.25) is 0 Å². The number of phenols is 1. The number of rotatable bonds is 4. The summed E-state index contributed by atoms with van der Waals surface area (Å²) in [6.45, 7) is 3.93. The molecule has 1 heterocycles. The highest BCUT2D eigenvalue weighted by Crippen LogP contribution is 2.36. The Labute approximate surface area is 108 Å². The van der Waals surface area contributed by atoms with Crippen LogP contribution in [0, 0.1) is 12.8 Å². The molecule has 2 rings (SSSR count). The largest absolute Gasteiger partial charge is 0.508 e. The second-order valence-corrected chi connectivity index (χ2v) is 5.02. The van der Waals surface area contributed by atoms with Crippen molar-refractivity contribution in [2.45, 2.75) is 46.0 Å². The van der Waals surface area contributed by atoms with Gasteiger partial charge in [-0.1, -0.05) is 32.3 Å². The first-order chi connectivity index (χ1) is 8.63. The average molecular weight is 248 g/mol. The van der Waals surface area contributed by atoms with Gasteiger partial charge in [0.15, 0.2) is 0 Å². The zero-order valence-corrected chi connectivity index (χ0v) is 11.0. The van der Waals surface area contributed by atoms with Gasteiger partial charge in [-0.15, -0.1) is 0 Å². The number of phenolic OH excluding ortho intramolecular Hbond substituents is 1. The van der Waals surface area contributed by atoms with Crippen LogP contribution in [0.15, 0.2) is 12.1 Å². The number of carbonyl (C=O) groups excluding carboxylic acids is 1. The summed E-state index contributed by atoms with van der Waals surface area (Å²) in [5, 5.41) is 9.61. The van der Waals surface area contributed by atoms with Crippen molar-refractivity contribution >= 4 is 5.97 Å². The summed E-state index contributed by atoms with van der Waals surface area (Å²) in [4.78, 5) is 11.9. The predicted molar refractivity (Wildman–Crippen MR) is 69.8 cm³/mol. The Morgan fingerprint density at radius 1 is 1.39 bits per heavy atom. The first kappa shape index (κ1) is 12.9. The Kier molecular flexibility index (Phi) is 3.90. The number of benzene rings is 1. The number of carbonyl (C=O) groups is 1. The zero-order valence-electron chi connectivity index (χ0n) is 11.0. The molecule has 0 aliphatic carbocycles. The second-order valence-electron chi connectivity index (χ2n) is 5.02. The van der Waals surface area contributed by atoms with Gasteiger partial charge in [-0.3, -0.25) is 4.79 Å². The first-order valence-electron chi connectivity index (χ1n) is 6.66. The fourth-order valence-corrected chi connectivity index (χ4v) is 2.43. The minimum atomic E-state index is -0.146. The van der Waals surface area contributed by atoms with E-state index in [0.29, 0.717) is 11.3 Å². The van der Waals surface area contributed by atoms with Gasteiger partial charge in [-0.25, -0.2) is 0 Å². The van der Waals surface area contributed by atoms with Crippen molar-refractivity contribution in [2.75, 3.05) is 0 Å². The molecule has 0 saturated heterocycles. The molecule has 18 heavy (non-hydrogen) atoms. The molecule has 1 aromatic carbocycles. The molecule has 3 nitrogen and oxygen atoms in total. The standard InChI is InChI=1S/C15H20O3/c1-3-4-5-6-12-9-11-7-8-13(16)10(2)14(11)18-15(12)17/h7-8,12,16H,3-6,9H2,1-2H3. The lowest BCUT2D eigenvalue weighted by Crippen LogP contribution is -2.28. The quantitative estimate of drug-likeness (QED) is 0.505. The second kappa shape index (κ2) is 5.42. The van der Waals surface area contributed by atoms with E-state index in [0.717, 1.165) is 37.7 Å². The van der Waals surface area contributed by atoms with Gasteiger partial charge in [0, 0.05) is 5.56 Å². The van der Waals surface area contributed by atoms with E-state index < -0.39 is 0 Å². The van der Waals surface area contributed by atoms with Crippen LogP contribution in [0.4, 0.5) is 0 Å². The maximum Gasteiger partial charge on any atom is 0.314 e. The lowest BCUT2D eigenvalue weighted by atomic mass is 9.90. The number of ether oxygens (including phenoxy) is 1. The van der Waals surface area contributed by atoms with E-state index in [1.54, 1.807) is 13.0 Å². The fourth-order valence-electron chi connectivity index (χ4n) is 2.43. The van der Waals surface area contributed by atoms with Gasteiger partial charge in [0.25, 0.3) is 0 Å². The molecule has 0 bridgehead atoms. The Bertz CT molecular complexity index is 451. The summed E-state index contributed by atoms with van der Waals surface area (Å²) in [6.07, 6.45) is 5.02. The molecular weight excluding hydrogens is 228 g/mol. The molecule has 1 N–H and O–H groups in total. The molecule has 0 amide bonds. The van der Waals surface area contributed by atoms with Crippen molar-refractivity contribution < 1.29 is 14.6 Å². The molecular formula is C15H20O3. The van der Waals surface area contributed by atoms with Gasteiger partial charge in [0.2, 0.25) is 0 Å². The van der Waals surface area contributed by atoms with Crippen LogP contribution in [0.3, 0.4) is 0 Å². The van der Waals surface area contributed by atoms with E-state index in [9.17, 15) is 9.90 Å². The van der Waals surface area contributed by atoms with Gasteiger partial charge >= 0.3 is 5.97 Å². The van der Waals surface area contributed by atoms with Crippen molar-refractivity contribution in [3.63, 3.8) is 0 Å². The molecule has 0 saturated carbocycles. The summed E-state index contributed by atoms with van der Waals surface area (Å²) in [6, 6.07) is 3.54. The Morgan fingerprint density at radius 2 is 2.17 bits per heavy atom. The van der Waals surface area contributed by atoms with E-state index in [2.05, 4.69) is 6.92 Å². The number of hydrogen-bond acceptors (Lipinski definition) is 3. The van der Waals surface area contributed by atoms with E-state index in [1.165, 1.54) is 0 Å². The first-order valence-corrected chi connectivity index (χ1v) is 6.66. The Balaban J connectivity index is 2.13. The topological polar surface area (TPSA) is 46.5 Å². The summed E-state index contributed by atoms with van der Waals surface area (Å²) < 4.78 is 5.39. The van der Waals surface area contributed by atoms with E-state index in [1.807, 2.05) is 6.07 Å². The average Bonchev–Trinajstić information content (AvgIpc) is 2.36. The molecule has 1 aromatic rings. The van der Waals surface area contributed by atoms with Crippen molar-refractivity contribution in [1.82, 2.24) is 0 Å². The minimum absolute atomic E-state index is 0.0204. The van der Waals surface area contributed by atoms with Crippen LogP contribution >= 0.6 is 0 Å². The van der Waals surface area contributed by atoms with Crippen LogP contribution in [-0.4, -0.2) is 11.1 Å². The van der Waals surface area contributed by atoms with Crippen molar-refractivity contribution in [3.8, 4) is 11.5 Å². The summed E-state index contributed by atoms with van der Waals surface area (Å²) in [5.74, 6) is 0.582. The molecule has 1 unspecified atom stereocenters. The van der Waals surface area contributed by atoms with Gasteiger partial charge in [-0.2, -0.15) is 0 Å². The van der Waals surface area contributed by atoms with Gasteiger partial charge in [-0.05, 0) is 31.4 Å². The molecule has 1 atom stereocenters. The maximum atomic E-state index is 11.9. The van der Waals surface area contributed by atoms with Crippen molar-refractivity contribution in [2.24, 2.45) is 5.92 Å². The molecule has 98 valence electrons. The summed E-state index contributed by atoms with van der Waals surface area (Å²) >= 11 is 0. The summed E-state index contributed by atoms with van der Waals surface area (Å²) in [7, 11) is 0. The molecule has 1 aliphatic heterocycles. The predicted octanol–water partition coefficient (Wildman–Crippen LogP) is 3.36. The van der Waals surface area contributed by atoms with E-state index in [-0.39, 0.29) is 17.6 Å². The molecule has 3 heteroatoms. The lowest BCUT2D eigenvalue weighted by Gasteiger charge is -2.24. The molecule has 0 fully saturated rings. The SMILES string of the molecule is CCCCCC1Cc2ccc(O)c(C)c2OC1=O. The number of aromatic hydroxyl groups is 1. The highest BCUT2D eigenvalue weighted by molar-refractivity contribution is 5.79. The number of unbranched alkanes of at least 4 members (excludes halogenated alkanes) is 2. The van der Waals surface area contributed by atoms with Crippen LogP contribution in [-0.2, 0) is 11.2 Å². The third kappa shape index (κ3) is 2.50. The Hall–Kier alpha value is -1.51. The molecule has 0 aromatic heterocycles. The molecule has 0 radical (unpaired) electrons. The number of esters is 1. The van der Waals surface area contributed by atoms with Gasteiger partial charge < -0.3 is 9.84 Å². The number of hydrogen-bond donors (Lipinski definition) is 1. The minimum Gasteiger partial charge on any atom is -0.508 e. The van der Waals surface area contributed by atoms with Crippen molar-refractivity contribution in [3.05, 3.63) is 23.3 Å². The zero-order chi connectivity index (χ0) is 13.1. The molecule has 1 aliphatic rings. The Morgan fingerprint density at radius 3 is 2.89 bits per heavy atom. The third-order valence-electron chi connectivity index (χ3n) is 3.62. The van der Waals surface area contributed by atoms with E-state index in [4.69, 9.17) is 4.74 Å². The highest BCUT2D eigenvalue weighted by Gasteiger charge is 2.29. The fraction of sp³-hybridized carbons (Fsp3) is 0.533. The van der Waals surface area contributed by atoms with Crippen LogP contribution in [0.25, 0.3) is 0 Å².